The lowest BCUT2D eigenvalue weighted by Gasteiger charge is -2.45. The highest BCUT2D eigenvalue weighted by atomic mass is 16.4. The highest BCUT2D eigenvalue weighted by molar-refractivity contribution is 5.84. The fourth-order valence-electron chi connectivity index (χ4n) is 5.36. The number of carboxylic acid groups (broad SMARTS) is 1. The van der Waals surface area contributed by atoms with E-state index in [0.29, 0.717) is 23.7 Å². The quantitative estimate of drug-likeness (QED) is 0.568. The highest BCUT2D eigenvalue weighted by Gasteiger charge is 2.52. The molecule has 1 aliphatic heterocycles. The molecule has 0 unspecified atom stereocenters. The zero-order chi connectivity index (χ0) is 23.3. The molecule has 3 aromatic rings. The summed E-state index contributed by atoms with van der Waals surface area (Å²) in [5, 5.41) is 20.9. The van der Waals surface area contributed by atoms with Gasteiger partial charge in [0.05, 0.1) is 0 Å². The van der Waals surface area contributed by atoms with Crippen LogP contribution < -0.4 is 5.32 Å². The molecule has 33 heavy (non-hydrogen) atoms. The Labute approximate surface area is 194 Å². The molecule has 3 aromatic carbocycles. The Kier molecular flexibility index (Phi) is 7.02. The van der Waals surface area contributed by atoms with E-state index in [0.717, 1.165) is 19.5 Å². The van der Waals surface area contributed by atoms with Crippen molar-refractivity contribution in [2.75, 3.05) is 13.1 Å². The molecule has 1 aliphatic carbocycles. The van der Waals surface area contributed by atoms with Gasteiger partial charge < -0.3 is 15.5 Å². The van der Waals surface area contributed by atoms with Gasteiger partial charge in [-0.25, -0.2) is 4.79 Å². The Morgan fingerprint density at radius 2 is 1.36 bits per heavy atom. The van der Waals surface area contributed by atoms with E-state index < -0.39 is 12.1 Å². The van der Waals surface area contributed by atoms with Crippen LogP contribution in [0.3, 0.4) is 0 Å². The number of benzene rings is 3. The number of Topliss-reactive ketones (excluding diaryl/α,β-unsaturated/α-hetero) is 1. The molecule has 0 amide bonds. The van der Waals surface area contributed by atoms with Gasteiger partial charge >= 0.3 is 5.97 Å². The molecule has 5 rings (SSSR count). The first kappa shape index (κ1) is 22.9. The van der Waals surface area contributed by atoms with Gasteiger partial charge in [0, 0.05) is 24.3 Å². The van der Waals surface area contributed by atoms with E-state index in [1.807, 2.05) is 0 Å². The Hall–Kier alpha value is -3.28. The number of carboxylic acids is 1. The second-order valence-corrected chi connectivity index (χ2v) is 8.69. The summed E-state index contributed by atoms with van der Waals surface area (Å²) < 4.78 is 0. The number of aliphatic carboxylic acids is 1. The second kappa shape index (κ2) is 10.1. The molecule has 1 saturated carbocycles. The van der Waals surface area contributed by atoms with Crippen LogP contribution in [0.5, 0.6) is 0 Å². The summed E-state index contributed by atoms with van der Waals surface area (Å²) >= 11 is 0. The predicted octanol–water partition coefficient (Wildman–Crippen LogP) is 3.98. The summed E-state index contributed by atoms with van der Waals surface area (Å²) in [5.74, 6) is -0.263. The van der Waals surface area contributed by atoms with Crippen molar-refractivity contribution in [3.8, 4) is 0 Å². The number of aliphatic hydroxyl groups is 1. The van der Waals surface area contributed by atoms with Crippen molar-refractivity contribution in [1.29, 1.82) is 0 Å². The lowest BCUT2D eigenvalue weighted by molar-refractivity contribution is -0.147. The molecular weight excluding hydrogens is 414 g/mol. The molecule has 3 atom stereocenters. The molecule has 1 heterocycles. The van der Waals surface area contributed by atoms with Crippen LogP contribution in [-0.2, 0) is 15.0 Å². The number of rotatable bonds is 4. The van der Waals surface area contributed by atoms with Crippen molar-refractivity contribution in [1.82, 2.24) is 5.32 Å². The Balaban J connectivity index is 0.000000200. The third-order valence-electron chi connectivity index (χ3n) is 6.95. The molecule has 3 N–H and O–H groups in total. The van der Waals surface area contributed by atoms with E-state index >= 15 is 0 Å². The summed E-state index contributed by atoms with van der Waals surface area (Å²) in [6, 6.07) is 29.8. The molecule has 0 radical (unpaired) electrons. The zero-order valence-corrected chi connectivity index (χ0v) is 18.4. The summed E-state index contributed by atoms with van der Waals surface area (Å²) in [7, 11) is 0. The van der Waals surface area contributed by atoms with Gasteiger partial charge in [-0.3, -0.25) is 4.79 Å². The van der Waals surface area contributed by atoms with Crippen molar-refractivity contribution >= 4 is 11.8 Å². The van der Waals surface area contributed by atoms with E-state index in [1.165, 1.54) is 11.1 Å². The topological polar surface area (TPSA) is 86.6 Å². The molecule has 2 fully saturated rings. The van der Waals surface area contributed by atoms with Crippen molar-refractivity contribution in [2.45, 2.75) is 24.4 Å². The van der Waals surface area contributed by atoms with Gasteiger partial charge in [-0.1, -0.05) is 91.0 Å². The number of hydrogen-bond donors (Lipinski definition) is 3. The molecule has 1 saturated heterocycles. The fourth-order valence-corrected chi connectivity index (χ4v) is 5.36. The monoisotopic (exact) mass is 443 g/mol. The lowest BCUT2D eigenvalue weighted by Crippen LogP contribution is -2.47. The number of fused-ring (bicyclic) bond motifs is 1. The van der Waals surface area contributed by atoms with Crippen LogP contribution in [0.2, 0.25) is 0 Å². The average Bonchev–Trinajstić information content (AvgIpc) is 3.38. The standard InChI is InChI=1S/C20H21NO.C8H8O3/c22-19-11-12-20(15-7-3-1-4-8-15,16-9-5-2-6-10-16)18-14-21-13-17(18)19;9-7(8(10)11)6-4-2-1-3-5-6/h1-10,17-18,21H,11-14H2;1-5,7,9H,(H,10,11)/t17-,18+;7-/m11/s1. The predicted molar refractivity (Wildman–Crippen MR) is 127 cm³/mol. The normalized spacial score (nSPS) is 21.9. The van der Waals surface area contributed by atoms with Crippen molar-refractivity contribution in [3.05, 3.63) is 108 Å². The average molecular weight is 444 g/mol. The fraction of sp³-hybridized carbons (Fsp3) is 0.286. The minimum absolute atomic E-state index is 0.0371. The maximum atomic E-state index is 12.4. The van der Waals surface area contributed by atoms with Gasteiger partial charge in [0.1, 0.15) is 5.78 Å². The first-order chi connectivity index (χ1) is 16.0. The van der Waals surface area contributed by atoms with Gasteiger partial charge in [-0.05, 0) is 35.6 Å². The maximum absolute atomic E-state index is 12.4. The van der Waals surface area contributed by atoms with Gasteiger partial charge in [0.2, 0.25) is 0 Å². The van der Waals surface area contributed by atoms with Crippen LogP contribution in [0.25, 0.3) is 0 Å². The summed E-state index contributed by atoms with van der Waals surface area (Å²) in [4.78, 5) is 22.6. The van der Waals surface area contributed by atoms with Gasteiger partial charge in [-0.2, -0.15) is 0 Å². The summed E-state index contributed by atoms with van der Waals surface area (Å²) in [5.41, 5.74) is 3.07. The molecule has 5 nitrogen and oxygen atoms in total. The highest BCUT2D eigenvalue weighted by Crippen LogP contribution is 2.50. The number of hydrogen-bond acceptors (Lipinski definition) is 4. The van der Waals surface area contributed by atoms with E-state index in [-0.39, 0.29) is 11.3 Å². The summed E-state index contributed by atoms with van der Waals surface area (Å²) in [6.45, 7) is 1.77. The minimum Gasteiger partial charge on any atom is -0.479 e. The molecule has 0 spiro atoms. The molecule has 5 heteroatoms. The van der Waals surface area contributed by atoms with E-state index in [2.05, 4.69) is 66.0 Å². The Morgan fingerprint density at radius 3 is 1.88 bits per heavy atom. The molecule has 0 aromatic heterocycles. The number of nitrogens with one attached hydrogen (secondary N) is 1. The van der Waals surface area contributed by atoms with Crippen molar-refractivity contribution < 1.29 is 19.8 Å². The number of aliphatic hydroxyl groups excluding tert-OH is 1. The first-order valence-electron chi connectivity index (χ1n) is 11.3. The van der Waals surface area contributed by atoms with Crippen LogP contribution in [0.15, 0.2) is 91.0 Å². The molecule has 170 valence electrons. The van der Waals surface area contributed by atoms with Crippen molar-refractivity contribution in [3.63, 3.8) is 0 Å². The van der Waals surface area contributed by atoms with Gasteiger partial charge in [0.25, 0.3) is 0 Å². The smallest absolute Gasteiger partial charge is 0.337 e. The Bertz CT molecular complexity index is 1030. The minimum atomic E-state index is -1.41. The largest absolute Gasteiger partial charge is 0.479 e. The van der Waals surface area contributed by atoms with Crippen LogP contribution >= 0.6 is 0 Å². The number of carbonyl (C=O) groups is 2. The molecular formula is C28H29NO4. The van der Waals surface area contributed by atoms with Gasteiger partial charge in [0.15, 0.2) is 6.10 Å². The van der Waals surface area contributed by atoms with Crippen LogP contribution in [-0.4, -0.2) is 35.1 Å². The molecule has 0 bridgehead atoms. The zero-order valence-electron chi connectivity index (χ0n) is 18.4. The van der Waals surface area contributed by atoms with Crippen LogP contribution in [0.4, 0.5) is 0 Å². The molecule has 2 aliphatic rings. The second-order valence-electron chi connectivity index (χ2n) is 8.69. The number of ketones is 1. The summed E-state index contributed by atoms with van der Waals surface area (Å²) in [6.07, 6.45) is 0.200. The first-order valence-corrected chi connectivity index (χ1v) is 11.3. The SMILES string of the molecule is O=C(O)[C@H](O)c1ccccc1.O=C1CCC(c2ccccc2)(c2ccccc2)[C@H]2CNC[C@@H]12. The lowest BCUT2D eigenvalue weighted by atomic mass is 9.56. The van der Waals surface area contributed by atoms with E-state index in [4.69, 9.17) is 10.2 Å². The third-order valence-corrected chi connectivity index (χ3v) is 6.95. The van der Waals surface area contributed by atoms with E-state index in [1.54, 1.807) is 30.3 Å². The van der Waals surface area contributed by atoms with Crippen LogP contribution in [0, 0.1) is 11.8 Å². The number of carbonyl (C=O) groups excluding carboxylic acids is 1. The van der Waals surface area contributed by atoms with Gasteiger partial charge in [-0.15, -0.1) is 0 Å². The van der Waals surface area contributed by atoms with Crippen molar-refractivity contribution in [2.24, 2.45) is 11.8 Å². The maximum Gasteiger partial charge on any atom is 0.337 e. The van der Waals surface area contributed by atoms with Crippen LogP contribution in [0.1, 0.15) is 35.6 Å². The Morgan fingerprint density at radius 1 is 0.848 bits per heavy atom. The van der Waals surface area contributed by atoms with E-state index in [9.17, 15) is 9.59 Å². The third kappa shape index (κ3) is 4.61.